The number of carbonyl (C=O) groups excluding carboxylic acids is 2. The summed E-state index contributed by atoms with van der Waals surface area (Å²) in [5, 5.41) is 10.4. The summed E-state index contributed by atoms with van der Waals surface area (Å²) in [6.45, 7) is -1.17. The number of phenols is 1. The number of aromatic hydroxyl groups is 1. The van der Waals surface area contributed by atoms with Crippen LogP contribution in [0.3, 0.4) is 0 Å². The van der Waals surface area contributed by atoms with Crippen molar-refractivity contribution in [2.24, 2.45) is 5.92 Å². The molecule has 1 aliphatic carbocycles. The van der Waals surface area contributed by atoms with Crippen molar-refractivity contribution in [3.8, 4) is 11.5 Å². The van der Waals surface area contributed by atoms with Crippen LogP contribution >= 0.6 is 0 Å². The minimum atomic E-state index is -4.94. The summed E-state index contributed by atoms with van der Waals surface area (Å²) in [4.78, 5) is 28.6. The number of fused-ring (bicyclic) bond motifs is 1. The molecule has 11 nitrogen and oxygen atoms in total. The minimum absolute atomic E-state index is 0.00873. The molecule has 0 amide bonds. The molecule has 0 spiro atoms. The predicted molar refractivity (Wildman–Crippen MR) is 160 cm³/mol. The van der Waals surface area contributed by atoms with Gasteiger partial charge in [0.15, 0.2) is 19.7 Å². The van der Waals surface area contributed by atoms with Gasteiger partial charge in [-0.3, -0.25) is 0 Å². The van der Waals surface area contributed by atoms with E-state index >= 15 is 0 Å². The fourth-order valence-corrected chi connectivity index (χ4v) is 5.64. The Bertz CT molecular complexity index is 1760. The molecular formula is C30H32F3NO10S2. The maximum atomic E-state index is 13.5. The highest BCUT2D eigenvalue weighted by molar-refractivity contribution is 7.90. The third-order valence-corrected chi connectivity index (χ3v) is 8.83. The first-order chi connectivity index (χ1) is 21.4. The van der Waals surface area contributed by atoms with Crippen molar-refractivity contribution >= 4 is 37.7 Å². The number of ether oxygens (including phenoxy) is 3. The van der Waals surface area contributed by atoms with Gasteiger partial charge in [0.1, 0.15) is 24.7 Å². The van der Waals surface area contributed by atoms with Crippen LogP contribution in [0.1, 0.15) is 35.6 Å². The predicted octanol–water partition coefficient (Wildman–Crippen LogP) is 3.70. The molecule has 1 unspecified atom stereocenters. The summed E-state index contributed by atoms with van der Waals surface area (Å²) >= 11 is 0. The Hall–Kier alpha value is -4.05. The van der Waals surface area contributed by atoms with Crippen LogP contribution in [0, 0.1) is 5.92 Å². The van der Waals surface area contributed by atoms with Crippen LogP contribution in [0.2, 0.25) is 0 Å². The average Bonchev–Trinajstić information content (AvgIpc) is 3.73. The lowest BCUT2D eigenvalue weighted by atomic mass is 9.90. The molecule has 2 aromatic rings. The molecule has 2 aliphatic rings. The molecule has 250 valence electrons. The zero-order valence-corrected chi connectivity index (χ0v) is 26.5. The summed E-state index contributed by atoms with van der Waals surface area (Å²) in [5.41, 5.74) is 0.589. The van der Waals surface area contributed by atoms with Gasteiger partial charge in [-0.05, 0) is 65.8 Å². The number of esters is 2. The lowest BCUT2D eigenvalue weighted by molar-refractivity contribution is -0.274. The van der Waals surface area contributed by atoms with Crippen LogP contribution in [0.25, 0.3) is 6.08 Å². The number of sulfone groups is 2. The van der Waals surface area contributed by atoms with E-state index in [1.807, 2.05) is 0 Å². The number of hydrogen-bond acceptors (Lipinski definition) is 11. The van der Waals surface area contributed by atoms with Crippen LogP contribution in [0.5, 0.6) is 11.5 Å². The quantitative estimate of drug-likeness (QED) is 0.325. The van der Waals surface area contributed by atoms with Gasteiger partial charge in [0, 0.05) is 25.3 Å². The van der Waals surface area contributed by atoms with Gasteiger partial charge in [-0.2, -0.15) is 0 Å². The first-order valence-corrected chi connectivity index (χ1v) is 18.1. The molecule has 1 N–H and O–H groups in total. The summed E-state index contributed by atoms with van der Waals surface area (Å²) in [6, 6.07) is 9.04. The monoisotopic (exact) mass is 687 g/mol. The number of benzene rings is 2. The fraction of sp³-hybridized carbons (Fsp3) is 0.400. The van der Waals surface area contributed by atoms with Gasteiger partial charge in [0.25, 0.3) is 0 Å². The standard InChI is InChI=1S/C30H32F3NO10S2/c1-45(38,39)12-10-42-28(36)25-15-21-8-9-22(35)16-24(21)27(20-6-7-20)34(18-26(25)29(37)43-11-13-46(2,40)41)17-19-4-3-5-23(14-19)44-30(31,32)33/h3-5,8-9,14-16,18,20,27,35H,6-7,10-13,17H2,1-2H3. The van der Waals surface area contributed by atoms with Crippen LogP contribution in [0.15, 0.2) is 59.8 Å². The number of rotatable bonds is 12. The average molecular weight is 688 g/mol. The number of phenolic OH excluding ortho intramolecular Hbond substituents is 1. The van der Waals surface area contributed by atoms with E-state index in [1.54, 1.807) is 11.0 Å². The molecule has 1 saturated carbocycles. The van der Waals surface area contributed by atoms with E-state index in [0.29, 0.717) is 16.7 Å². The Morgan fingerprint density at radius 3 is 2.09 bits per heavy atom. The fourth-order valence-electron chi connectivity index (χ4n) is 4.87. The zero-order valence-electron chi connectivity index (χ0n) is 24.8. The molecule has 1 fully saturated rings. The lowest BCUT2D eigenvalue weighted by Gasteiger charge is -2.35. The van der Waals surface area contributed by atoms with Gasteiger partial charge in [-0.1, -0.05) is 18.2 Å². The molecule has 1 heterocycles. The maximum Gasteiger partial charge on any atom is 0.573 e. The molecule has 1 atom stereocenters. The highest BCUT2D eigenvalue weighted by atomic mass is 32.2. The smallest absolute Gasteiger partial charge is 0.508 e. The molecule has 4 rings (SSSR count). The SMILES string of the molecule is CS(=O)(=O)CCOC(=O)C1=Cc2ccc(O)cc2C(C2CC2)N(Cc2cccc(OC(F)(F)F)c2)C=C1C(=O)OCCS(C)(=O)=O. The maximum absolute atomic E-state index is 13.5. The van der Waals surface area contributed by atoms with E-state index in [-0.39, 0.29) is 29.4 Å². The van der Waals surface area contributed by atoms with Crippen molar-refractivity contribution < 1.29 is 58.9 Å². The number of carbonyl (C=O) groups is 2. The minimum Gasteiger partial charge on any atom is -0.508 e. The van der Waals surface area contributed by atoms with E-state index in [9.17, 15) is 44.7 Å². The molecule has 46 heavy (non-hydrogen) atoms. The summed E-state index contributed by atoms with van der Waals surface area (Å²) in [6.07, 6.45) is 1.09. The van der Waals surface area contributed by atoms with Crippen LogP contribution in [0.4, 0.5) is 13.2 Å². The summed E-state index contributed by atoms with van der Waals surface area (Å²) in [7, 11) is -7.05. The molecule has 16 heteroatoms. The van der Waals surface area contributed by atoms with Gasteiger partial charge < -0.3 is 24.2 Å². The van der Waals surface area contributed by atoms with Crippen LogP contribution in [-0.2, 0) is 45.3 Å². The van der Waals surface area contributed by atoms with E-state index in [4.69, 9.17) is 9.47 Å². The number of hydrogen-bond donors (Lipinski definition) is 1. The van der Waals surface area contributed by atoms with E-state index in [1.165, 1.54) is 42.6 Å². The van der Waals surface area contributed by atoms with Crippen molar-refractivity contribution in [3.63, 3.8) is 0 Å². The highest BCUT2D eigenvalue weighted by Crippen LogP contribution is 2.48. The van der Waals surface area contributed by atoms with Crippen LogP contribution in [-0.4, -0.2) is 82.4 Å². The number of halogens is 3. The third-order valence-electron chi connectivity index (χ3n) is 7.01. The zero-order chi connectivity index (χ0) is 33.9. The largest absolute Gasteiger partial charge is 0.573 e. The van der Waals surface area contributed by atoms with Gasteiger partial charge >= 0.3 is 18.3 Å². The molecule has 0 bridgehead atoms. The highest BCUT2D eigenvalue weighted by Gasteiger charge is 2.39. The first-order valence-electron chi connectivity index (χ1n) is 14.0. The lowest BCUT2D eigenvalue weighted by Crippen LogP contribution is -2.30. The van der Waals surface area contributed by atoms with Crippen LogP contribution < -0.4 is 4.74 Å². The third kappa shape index (κ3) is 10.2. The van der Waals surface area contributed by atoms with Gasteiger partial charge in [0.05, 0.1) is 28.7 Å². The molecule has 0 saturated heterocycles. The van der Waals surface area contributed by atoms with Crippen molar-refractivity contribution in [3.05, 3.63) is 76.5 Å². The Morgan fingerprint density at radius 1 is 0.913 bits per heavy atom. The Morgan fingerprint density at radius 2 is 1.52 bits per heavy atom. The molecule has 1 aliphatic heterocycles. The van der Waals surface area contributed by atoms with Crippen molar-refractivity contribution in [2.45, 2.75) is 31.8 Å². The second-order valence-electron chi connectivity index (χ2n) is 11.1. The topological polar surface area (TPSA) is 154 Å². The van der Waals surface area contributed by atoms with Crippen molar-refractivity contribution in [1.82, 2.24) is 4.90 Å². The second-order valence-corrected chi connectivity index (χ2v) is 15.6. The molecular weight excluding hydrogens is 655 g/mol. The first kappa shape index (κ1) is 34.8. The van der Waals surface area contributed by atoms with Gasteiger partial charge in [-0.25, -0.2) is 26.4 Å². The Kier molecular flexibility index (Phi) is 10.4. The Labute approximate surface area is 264 Å². The normalized spacial score (nSPS) is 17.2. The Balaban J connectivity index is 1.84. The number of alkyl halides is 3. The van der Waals surface area contributed by atoms with E-state index in [2.05, 4.69) is 4.74 Å². The number of nitrogens with zero attached hydrogens (tertiary/aromatic N) is 1. The van der Waals surface area contributed by atoms with E-state index < -0.39 is 74.5 Å². The molecule has 2 aromatic carbocycles. The van der Waals surface area contributed by atoms with Gasteiger partial charge in [0.2, 0.25) is 0 Å². The summed E-state index contributed by atoms with van der Waals surface area (Å²) < 4.78 is 100. The molecule has 0 aromatic heterocycles. The molecule has 0 radical (unpaired) electrons. The summed E-state index contributed by atoms with van der Waals surface area (Å²) in [5.74, 6) is -3.76. The van der Waals surface area contributed by atoms with Crippen molar-refractivity contribution in [2.75, 3.05) is 37.2 Å². The second kappa shape index (κ2) is 13.7. The van der Waals surface area contributed by atoms with Crippen molar-refractivity contribution in [1.29, 1.82) is 0 Å². The van der Waals surface area contributed by atoms with E-state index in [0.717, 1.165) is 31.4 Å². The van der Waals surface area contributed by atoms with Gasteiger partial charge in [-0.15, -0.1) is 13.2 Å².